The molecule has 5 heteroatoms. The van der Waals surface area contributed by atoms with E-state index < -0.39 is 0 Å². The zero-order valence-corrected chi connectivity index (χ0v) is 15.4. The van der Waals surface area contributed by atoms with E-state index in [0.717, 1.165) is 37.4 Å². The Kier molecular flexibility index (Phi) is 6.57. The first-order valence-corrected chi connectivity index (χ1v) is 9.66. The lowest BCUT2D eigenvalue weighted by Gasteiger charge is -2.46. The van der Waals surface area contributed by atoms with Gasteiger partial charge in [0.05, 0.1) is 7.11 Å². The van der Waals surface area contributed by atoms with Gasteiger partial charge in [-0.15, -0.1) is 0 Å². The topological polar surface area (TPSA) is 56.2 Å². The lowest BCUT2D eigenvalue weighted by Crippen LogP contribution is -2.56. The van der Waals surface area contributed by atoms with E-state index >= 15 is 0 Å². The molecule has 0 amide bonds. The van der Waals surface area contributed by atoms with Crippen LogP contribution < -0.4 is 4.74 Å². The van der Waals surface area contributed by atoms with Crippen molar-refractivity contribution >= 4 is 0 Å². The maximum Gasteiger partial charge on any atom is 0.127 e. The van der Waals surface area contributed by atoms with Gasteiger partial charge in [0.1, 0.15) is 11.5 Å². The van der Waals surface area contributed by atoms with Gasteiger partial charge < -0.3 is 14.9 Å². The molecule has 2 aliphatic rings. The van der Waals surface area contributed by atoms with Gasteiger partial charge in [-0.2, -0.15) is 0 Å². The van der Waals surface area contributed by atoms with E-state index in [0.29, 0.717) is 24.4 Å². The van der Waals surface area contributed by atoms with Crippen LogP contribution in [0.3, 0.4) is 0 Å². The number of piperazine rings is 1. The number of hydrogen-bond donors (Lipinski definition) is 2. The SMILES string of the molecule is COc1cccc(O)c1CN1CCN(C2CCCCC2)C(CCO)C1. The van der Waals surface area contributed by atoms with Crippen LogP contribution in [0.4, 0.5) is 0 Å². The summed E-state index contributed by atoms with van der Waals surface area (Å²) >= 11 is 0. The van der Waals surface area contributed by atoms with E-state index in [9.17, 15) is 10.2 Å². The van der Waals surface area contributed by atoms with Crippen LogP contribution in [0.15, 0.2) is 18.2 Å². The molecule has 1 heterocycles. The van der Waals surface area contributed by atoms with Gasteiger partial charge in [-0.25, -0.2) is 0 Å². The summed E-state index contributed by atoms with van der Waals surface area (Å²) in [6.07, 6.45) is 7.47. The minimum atomic E-state index is 0.238. The fourth-order valence-electron chi connectivity index (χ4n) is 4.50. The van der Waals surface area contributed by atoms with E-state index in [1.54, 1.807) is 13.2 Å². The minimum absolute atomic E-state index is 0.238. The molecule has 1 aliphatic carbocycles. The van der Waals surface area contributed by atoms with E-state index in [1.165, 1.54) is 32.1 Å². The van der Waals surface area contributed by atoms with Crippen LogP contribution in [-0.2, 0) is 6.54 Å². The van der Waals surface area contributed by atoms with Crippen LogP contribution in [0.1, 0.15) is 44.1 Å². The van der Waals surface area contributed by atoms with Crippen LogP contribution in [0.25, 0.3) is 0 Å². The number of hydrogen-bond acceptors (Lipinski definition) is 5. The summed E-state index contributed by atoms with van der Waals surface area (Å²) in [4.78, 5) is 5.03. The van der Waals surface area contributed by atoms with Crippen molar-refractivity contribution in [2.75, 3.05) is 33.4 Å². The largest absolute Gasteiger partial charge is 0.507 e. The minimum Gasteiger partial charge on any atom is -0.507 e. The Labute approximate surface area is 151 Å². The van der Waals surface area contributed by atoms with Gasteiger partial charge in [0.15, 0.2) is 0 Å². The first-order valence-electron chi connectivity index (χ1n) is 9.66. The number of nitrogens with zero attached hydrogens (tertiary/aromatic N) is 2. The molecule has 0 aromatic heterocycles. The first-order chi connectivity index (χ1) is 12.2. The van der Waals surface area contributed by atoms with Crippen LogP contribution in [0.5, 0.6) is 11.5 Å². The smallest absolute Gasteiger partial charge is 0.127 e. The number of rotatable bonds is 6. The summed E-state index contributed by atoms with van der Waals surface area (Å²) in [6.45, 7) is 3.91. The average molecular weight is 348 g/mol. The first kappa shape index (κ1) is 18.5. The molecule has 0 radical (unpaired) electrons. The molecule has 1 aliphatic heterocycles. The van der Waals surface area contributed by atoms with Crippen molar-refractivity contribution in [3.8, 4) is 11.5 Å². The van der Waals surface area contributed by atoms with E-state index in [2.05, 4.69) is 9.80 Å². The van der Waals surface area contributed by atoms with E-state index in [4.69, 9.17) is 4.74 Å². The van der Waals surface area contributed by atoms with Gasteiger partial charge in [0.25, 0.3) is 0 Å². The molecule has 25 heavy (non-hydrogen) atoms. The molecule has 140 valence electrons. The molecule has 0 bridgehead atoms. The van der Waals surface area contributed by atoms with Crippen molar-refractivity contribution in [3.05, 3.63) is 23.8 Å². The molecule has 1 saturated carbocycles. The monoisotopic (exact) mass is 348 g/mol. The number of aliphatic hydroxyl groups is 1. The number of phenols is 1. The number of aromatic hydroxyl groups is 1. The predicted octanol–water partition coefficient (Wildman–Crippen LogP) is 2.60. The fourth-order valence-corrected chi connectivity index (χ4v) is 4.50. The highest BCUT2D eigenvalue weighted by Crippen LogP contribution is 2.31. The molecule has 3 rings (SSSR count). The number of ether oxygens (including phenoxy) is 1. The third-order valence-corrected chi connectivity index (χ3v) is 5.83. The Morgan fingerprint density at radius 2 is 1.96 bits per heavy atom. The fraction of sp³-hybridized carbons (Fsp3) is 0.700. The van der Waals surface area contributed by atoms with Crippen molar-refractivity contribution in [1.29, 1.82) is 0 Å². The van der Waals surface area contributed by atoms with Gasteiger partial charge in [0.2, 0.25) is 0 Å². The zero-order valence-electron chi connectivity index (χ0n) is 15.4. The molecule has 1 atom stereocenters. The molecule has 1 aromatic rings. The highest BCUT2D eigenvalue weighted by atomic mass is 16.5. The van der Waals surface area contributed by atoms with Crippen LogP contribution in [-0.4, -0.2) is 65.4 Å². The summed E-state index contributed by atoms with van der Waals surface area (Å²) in [5.74, 6) is 1.04. The average Bonchev–Trinajstić information content (AvgIpc) is 2.64. The lowest BCUT2D eigenvalue weighted by atomic mass is 9.91. The van der Waals surface area contributed by atoms with Crippen molar-refractivity contribution in [3.63, 3.8) is 0 Å². The molecule has 1 unspecified atom stereocenters. The summed E-state index contributed by atoms with van der Waals surface area (Å²) in [7, 11) is 1.65. The second-order valence-corrected chi connectivity index (χ2v) is 7.39. The Bertz CT molecular complexity index is 546. The van der Waals surface area contributed by atoms with Gasteiger partial charge in [-0.05, 0) is 31.4 Å². The Morgan fingerprint density at radius 3 is 2.68 bits per heavy atom. The number of methoxy groups -OCH3 is 1. The van der Waals surface area contributed by atoms with Crippen molar-refractivity contribution < 1.29 is 14.9 Å². The predicted molar refractivity (Wildman–Crippen MR) is 99.0 cm³/mol. The second kappa shape index (κ2) is 8.88. The van der Waals surface area contributed by atoms with E-state index in [-0.39, 0.29) is 6.61 Å². The van der Waals surface area contributed by atoms with Crippen molar-refractivity contribution in [2.45, 2.75) is 57.2 Å². The Balaban J connectivity index is 1.67. The lowest BCUT2D eigenvalue weighted by molar-refractivity contribution is 0.0132. The number of aliphatic hydroxyl groups excluding tert-OH is 1. The molecule has 1 aromatic carbocycles. The van der Waals surface area contributed by atoms with Gasteiger partial charge in [-0.1, -0.05) is 25.3 Å². The molecular formula is C20H32N2O3. The summed E-state index contributed by atoms with van der Waals surface area (Å²) in [5, 5.41) is 19.8. The van der Waals surface area contributed by atoms with Crippen molar-refractivity contribution in [1.82, 2.24) is 9.80 Å². The zero-order chi connectivity index (χ0) is 17.6. The maximum absolute atomic E-state index is 10.2. The Morgan fingerprint density at radius 1 is 1.16 bits per heavy atom. The van der Waals surface area contributed by atoms with Crippen LogP contribution in [0.2, 0.25) is 0 Å². The van der Waals surface area contributed by atoms with Crippen molar-refractivity contribution in [2.24, 2.45) is 0 Å². The third-order valence-electron chi connectivity index (χ3n) is 5.83. The standard InChI is InChI=1S/C20H32N2O3/c1-25-20-9-5-8-19(24)18(20)15-21-11-12-22(17(14-21)10-13-23)16-6-3-2-4-7-16/h5,8-9,16-17,23-24H,2-4,6-7,10-15H2,1H3. The number of benzene rings is 1. The molecular weight excluding hydrogens is 316 g/mol. The van der Waals surface area contributed by atoms with Crippen LogP contribution in [0, 0.1) is 0 Å². The van der Waals surface area contributed by atoms with Gasteiger partial charge in [-0.3, -0.25) is 9.80 Å². The third kappa shape index (κ3) is 4.46. The summed E-state index contributed by atoms with van der Waals surface area (Å²) < 4.78 is 5.42. The summed E-state index contributed by atoms with van der Waals surface area (Å²) in [6, 6.07) is 6.53. The highest BCUT2D eigenvalue weighted by molar-refractivity contribution is 5.43. The quantitative estimate of drug-likeness (QED) is 0.828. The highest BCUT2D eigenvalue weighted by Gasteiger charge is 2.32. The molecule has 1 saturated heterocycles. The molecule has 0 spiro atoms. The molecule has 5 nitrogen and oxygen atoms in total. The van der Waals surface area contributed by atoms with E-state index in [1.807, 2.05) is 12.1 Å². The molecule has 2 N–H and O–H groups in total. The molecule has 2 fully saturated rings. The maximum atomic E-state index is 10.2. The Hall–Kier alpha value is -1.30. The van der Waals surface area contributed by atoms with Gasteiger partial charge >= 0.3 is 0 Å². The summed E-state index contributed by atoms with van der Waals surface area (Å²) in [5.41, 5.74) is 0.860. The van der Waals surface area contributed by atoms with Gasteiger partial charge in [0, 0.05) is 50.4 Å². The normalized spacial score (nSPS) is 23.7. The number of phenolic OH excluding ortho intramolecular Hbond substituents is 1. The second-order valence-electron chi connectivity index (χ2n) is 7.39. The van der Waals surface area contributed by atoms with Crippen LogP contribution >= 0.6 is 0 Å².